The van der Waals surface area contributed by atoms with Crippen molar-refractivity contribution >= 4 is 44.4 Å². The molecule has 2 aromatic heterocycles. The predicted octanol–water partition coefficient (Wildman–Crippen LogP) is 5.01. The van der Waals surface area contributed by atoms with E-state index >= 15 is 0 Å². The van der Waals surface area contributed by atoms with Gasteiger partial charge in [-0.15, -0.1) is 0 Å². The van der Waals surface area contributed by atoms with Crippen LogP contribution in [0.1, 0.15) is 107 Å². The number of nitrogens with zero attached hydrogens (tertiary/aromatic N) is 4. The molecule has 1 saturated heterocycles. The number of Topliss-reactive ketones (excluding diaryl/α,β-unsaturated/α-hetero) is 1. The number of pyridine rings is 1. The van der Waals surface area contributed by atoms with Crippen LogP contribution in [0.25, 0.3) is 10.9 Å². The molecule has 3 aromatic rings. The number of aryl methyl sites for hydroxylation is 3. The minimum absolute atomic E-state index is 0.0128. The fourth-order valence-corrected chi connectivity index (χ4v) is 9.68. The average molecular weight is 833 g/mol. The number of rotatable bonds is 10. The van der Waals surface area contributed by atoms with Crippen molar-refractivity contribution in [3.63, 3.8) is 0 Å². The molecule has 2 aliphatic carbocycles. The van der Waals surface area contributed by atoms with Crippen LogP contribution >= 0.6 is 0 Å². The minimum atomic E-state index is -3.97. The maximum absolute atomic E-state index is 14.8. The Bertz CT molecular complexity index is 2280. The Morgan fingerprint density at radius 2 is 1.81 bits per heavy atom. The Morgan fingerprint density at radius 1 is 1.05 bits per heavy atom. The van der Waals surface area contributed by atoms with Crippen LogP contribution in [0.3, 0.4) is 0 Å². The van der Waals surface area contributed by atoms with Gasteiger partial charge in [0.05, 0.1) is 41.5 Å². The third-order valence-electron chi connectivity index (χ3n) is 12.5. The van der Waals surface area contributed by atoms with Crippen molar-refractivity contribution in [3.8, 4) is 17.4 Å². The number of hydrogen-bond donors (Lipinski definition) is 2. The molecule has 3 amide bonds. The summed E-state index contributed by atoms with van der Waals surface area (Å²) in [6.45, 7) is 9.13. The van der Waals surface area contributed by atoms with Gasteiger partial charge in [-0.25, -0.2) is 13.4 Å². The van der Waals surface area contributed by atoms with E-state index in [1.54, 1.807) is 37.9 Å². The van der Waals surface area contributed by atoms with Crippen molar-refractivity contribution < 1.29 is 41.8 Å². The molecular formula is C43H56N6O9S. The second kappa shape index (κ2) is 16.2. The molecule has 59 heavy (non-hydrogen) atoms. The van der Waals surface area contributed by atoms with Crippen LogP contribution in [0.4, 0.5) is 0 Å². The fraction of sp³-hybridized carbons (Fsp3) is 0.581. The number of amides is 3. The van der Waals surface area contributed by atoms with Gasteiger partial charge < -0.3 is 24.4 Å². The molecule has 0 bridgehead atoms. The summed E-state index contributed by atoms with van der Waals surface area (Å²) in [6, 6.07) is 5.02. The summed E-state index contributed by atoms with van der Waals surface area (Å²) in [4.78, 5) is 63.4. The monoisotopic (exact) mass is 832 g/mol. The first-order valence-corrected chi connectivity index (χ1v) is 22.1. The number of benzene rings is 1. The standard InChI is InChI=1S/C43H56N6O9S/c1-25(2)57-37-21-36(30-15-16-35(56-7)27(4)38(30)45-37)58-29-20-33-34(50)23-43(41(53)47-59(54,55)42(5)17-18-42)22-28(43)13-11-9-8-10-12-14-31(40(52)49(33)24-29)44-39(51)32-19-26(3)48(6)46-32/h11,13,15-16,19,21,25,28-29,31,33H,8-10,12,14,17-18,20,22-24H2,1-7H3,(H,44,51)(H,47,53)/b13-11-/t28-,29+,31-,33-,43+/m0/s1. The number of aromatic nitrogens is 3. The smallest absolute Gasteiger partial charge is 0.272 e. The lowest BCUT2D eigenvalue weighted by atomic mass is 9.91. The zero-order valence-corrected chi connectivity index (χ0v) is 35.8. The highest BCUT2D eigenvalue weighted by molar-refractivity contribution is 7.91. The molecule has 15 nitrogen and oxygen atoms in total. The van der Waals surface area contributed by atoms with E-state index < -0.39 is 56.1 Å². The van der Waals surface area contributed by atoms with Gasteiger partial charge in [0, 0.05) is 42.6 Å². The summed E-state index contributed by atoms with van der Waals surface area (Å²) in [5, 5.41) is 7.93. The molecule has 4 heterocycles. The number of carbonyl (C=O) groups is 4. The Labute approximate surface area is 345 Å². The molecule has 0 spiro atoms. The van der Waals surface area contributed by atoms with Gasteiger partial charge in [-0.3, -0.25) is 28.6 Å². The highest BCUT2D eigenvalue weighted by Crippen LogP contribution is 2.57. The lowest BCUT2D eigenvalue weighted by Crippen LogP contribution is -2.52. The number of allylic oxidation sites excluding steroid dienone is 2. The molecule has 7 rings (SSSR count). The second-order valence-electron chi connectivity index (χ2n) is 17.3. The van der Waals surface area contributed by atoms with E-state index in [4.69, 9.17) is 19.2 Å². The first-order chi connectivity index (χ1) is 27.9. The van der Waals surface area contributed by atoms with E-state index in [1.165, 1.54) is 4.90 Å². The van der Waals surface area contributed by atoms with E-state index in [0.717, 1.165) is 24.1 Å². The lowest BCUT2D eigenvalue weighted by Gasteiger charge is -2.29. The van der Waals surface area contributed by atoms with Crippen molar-refractivity contribution in [2.24, 2.45) is 18.4 Å². The second-order valence-corrected chi connectivity index (χ2v) is 19.5. The molecule has 2 aliphatic heterocycles. The van der Waals surface area contributed by atoms with Gasteiger partial charge >= 0.3 is 0 Å². The van der Waals surface area contributed by atoms with Gasteiger partial charge in [-0.1, -0.05) is 25.0 Å². The zero-order valence-electron chi connectivity index (χ0n) is 35.0. The molecule has 2 N–H and O–H groups in total. The maximum Gasteiger partial charge on any atom is 0.272 e. The first kappa shape index (κ1) is 42.1. The van der Waals surface area contributed by atoms with E-state index in [0.29, 0.717) is 66.8 Å². The van der Waals surface area contributed by atoms with Crippen LogP contribution in [0.2, 0.25) is 0 Å². The van der Waals surface area contributed by atoms with Crippen molar-refractivity contribution in [3.05, 3.63) is 53.4 Å². The largest absolute Gasteiger partial charge is 0.496 e. The third kappa shape index (κ3) is 8.55. The summed E-state index contributed by atoms with van der Waals surface area (Å²) >= 11 is 0. The van der Waals surface area contributed by atoms with Crippen LogP contribution in [-0.2, 0) is 31.5 Å². The van der Waals surface area contributed by atoms with Crippen LogP contribution in [0, 0.1) is 25.2 Å². The van der Waals surface area contributed by atoms with Crippen molar-refractivity contribution in [1.82, 2.24) is 29.7 Å². The average Bonchev–Trinajstić information content (AvgIpc) is 4.01. The summed E-state index contributed by atoms with van der Waals surface area (Å²) in [5.41, 5.74) is 1.06. The van der Waals surface area contributed by atoms with E-state index in [2.05, 4.69) is 15.1 Å². The lowest BCUT2D eigenvalue weighted by molar-refractivity contribution is -0.140. The fourth-order valence-electron chi connectivity index (χ4n) is 8.35. The Morgan fingerprint density at radius 3 is 2.49 bits per heavy atom. The molecule has 1 aromatic carbocycles. The van der Waals surface area contributed by atoms with Gasteiger partial charge in [0.1, 0.15) is 29.3 Å². The molecule has 5 atom stereocenters. The Kier molecular flexibility index (Phi) is 11.6. The molecule has 0 unspecified atom stereocenters. The van der Waals surface area contributed by atoms with Crippen LogP contribution in [-0.4, -0.2) is 94.3 Å². The van der Waals surface area contributed by atoms with Gasteiger partial charge in [-0.2, -0.15) is 5.10 Å². The molecular weight excluding hydrogens is 777 g/mol. The van der Waals surface area contributed by atoms with E-state index in [1.807, 2.05) is 52.0 Å². The van der Waals surface area contributed by atoms with Crippen LogP contribution in [0.5, 0.6) is 17.4 Å². The third-order valence-corrected chi connectivity index (χ3v) is 14.7. The number of sulfonamides is 1. The first-order valence-electron chi connectivity index (χ1n) is 20.6. The maximum atomic E-state index is 14.8. The van der Waals surface area contributed by atoms with Crippen molar-refractivity contribution in [1.29, 1.82) is 0 Å². The van der Waals surface area contributed by atoms with Crippen molar-refractivity contribution in [2.75, 3.05) is 13.7 Å². The summed E-state index contributed by atoms with van der Waals surface area (Å²) < 4.78 is 47.8. The number of hydrogen-bond acceptors (Lipinski definition) is 11. The summed E-state index contributed by atoms with van der Waals surface area (Å²) in [6.07, 6.45) is 7.35. The molecule has 3 fully saturated rings. The normalized spacial score (nSPS) is 26.3. The quantitative estimate of drug-likeness (QED) is 0.262. The number of ketones is 1. The SMILES string of the molecule is COc1ccc2c(O[C@@H]3C[C@H]4C(=O)C[C@]5(C(=O)NS(=O)(=O)C6(C)CC6)C[C@@H]5/C=C\CCCCC[C@H](NC(=O)c5cc(C)n(C)n5)C(=O)N4C3)cc(OC(C)C)nc2c1C. The summed E-state index contributed by atoms with van der Waals surface area (Å²) in [7, 11) is -0.652. The Balaban J connectivity index is 1.24. The van der Waals surface area contributed by atoms with E-state index in [9.17, 15) is 27.6 Å². The number of methoxy groups -OCH3 is 1. The van der Waals surface area contributed by atoms with Crippen molar-refractivity contribution in [2.45, 2.75) is 128 Å². The van der Waals surface area contributed by atoms with E-state index in [-0.39, 0.29) is 42.9 Å². The summed E-state index contributed by atoms with van der Waals surface area (Å²) in [5.74, 6) is -0.936. The number of nitrogens with one attached hydrogen (secondary N) is 2. The number of carbonyl (C=O) groups excluding carboxylic acids is 4. The topological polar surface area (TPSA) is 188 Å². The molecule has 0 radical (unpaired) electrons. The van der Waals surface area contributed by atoms with Gasteiger partial charge in [0.2, 0.25) is 27.7 Å². The highest BCUT2D eigenvalue weighted by atomic mass is 32.2. The van der Waals surface area contributed by atoms with Gasteiger partial charge in [0.25, 0.3) is 5.91 Å². The number of ether oxygens (including phenoxy) is 3. The van der Waals surface area contributed by atoms with Gasteiger partial charge in [0.15, 0.2) is 5.78 Å². The van der Waals surface area contributed by atoms with Gasteiger partial charge in [-0.05, 0) is 97.3 Å². The van der Waals surface area contributed by atoms with Crippen LogP contribution < -0.4 is 24.2 Å². The molecule has 16 heteroatoms. The Hall–Kier alpha value is -4.99. The number of fused-ring (bicyclic) bond motifs is 3. The highest BCUT2D eigenvalue weighted by Gasteiger charge is 2.62. The molecule has 2 saturated carbocycles. The minimum Gasteiger partial charge on any atom is -0.496 e. The zero-order chi connectivity index (χ0) is 42.4. The van der Waals surface area contributed by atoms with Crippen LogP contribution in [0.15, 0.2) is 36.4 Å². The molecule has 4 aliphatic rings. The predicted molar refractivity (Wildman–Crippen MR) is 220 cm³/mol. The molecule has 318 valence electrons.